The molecular formula is C26H42N4O6. The van der Waals surface area contributed by atoms with Crippen molar-refractivity contribution in [2.24, 2.45) is 5.92 Å². The number of rotatable bonds is 14. The van der Waals surface area contributed by atoms with Crippen LogP contribution in [0, 0.1) is 5.92 Å². The molecular weight excluding hydrogens is 464 g/mol. The van der Waals surface area contributed by atoms with Gasteiger partial charge in [0, 0.05) is 13.1 Å². The first kappa shape index (κ1) is 30.7. The van der Waals surface area contributed by atoms with Crippen LogP contribution in [-0.2, 0) is 25.7 Å². The molecule has 0 aliphatic rings. The molecule has 1 atom stereocenters. The second-order valence-electron chi connectivity index (χ2n) is 9.95. The fraction of sp³-hybridized carbons (Fsp3) is 0.615. The van der Waals surface area contributed by atoms with Crippen molar-refractivity contribution in [1.82, 2.24) is 21.3 Å². The van der Waals surface area contributed by atoms with Gasteiger partial charge in [-0.25, -0.2) is 9.59 Å². The lowest BCUT2D eigenvalue weighted by atomic mass is 10.0. The molecule has 4 amide bonds. The number of benzene rings is 1. The van der Waals surface area contributed by atoms with Crippen LogP contribution in [0.4, 0.5) is 9.59 Å². The Bertz CT molecular complexity index is 823. The minimum atomic E-state index is -0.708. The van der Waals surface area contributed by atoms with Gasteiger partial charge in [-0.3, -0.25) is 9.59 Å². The van der Waals surface area contributed by atoms with Gasteiger partial charge in [0.05, 0.1) is 0 Å². The van der Waals surface area contributed by atoms with Gasteiger partial charge in [0.1, 0.15) is 24.8 Å². The Morgan fingerprint density at radius 3 is 2.11 bits per heavy atom. The maximum absolute atomic E-state index is 12.6. The van der Waals surface area contributed by atoms with E-state index in [1.54, 1.807) is 0 Å². The van der Waals surface area contributed by atoms with Crippen molar-refractivity contribution < 1.29 is 28.7 Å². The van der Waals surface area contributed by atoms with Crippen LogP contribution in [0.1, 0.15) is 65.9 Å². The van der Waals surface area contributed by atoms with Gasteiger partial charge in [-0.05, 0) is 57.9 Å². The predicted octanol–water partition coefficient (Wildman–Crippen LogP) is 3.25. The van der Waals surface area contributed by atoms with Gasteiger partial charge in [0.15, 0.2) is 0 Å². The molecule has 0 unspecified atom stereocenters. The number of hydrogen-bond acceptors (Lipinski definition) is 6. The van der Waals surface area contributed by atoms with Crippen LogP contribution < -0.4 is 21.3 Å². The molecule has 1 rings (SSSR count). The van der Waals surface area contributed by atoms with Crippen molar-refractivity contribution in [2.45, 2.75) is 78.6 Å². The molecule has 36 heavy (non-hydrogen) atoms. The second kappa shape index (κ2) is 16.4. The summed E-state index contributed by atoms with van der Waals surface area (Å²) in [7, 11) is 0. The molecule has 0 fully saturated rings. The van der Waals surface area contributed by atoms with Crippen LogP contribution in [0.2, 0.25) is 0 Å². The van der Waals surface area contributed by atoms with E-state index in [2.05, 4.69) is 21.3 Å². The van der Waals surface area contributed by atoms with E-state index in [4.69, 9.17) is 9.47 Å². The van der Waals surface area contributed by atoms with Crippen LogP contribution in [0.25, 0.3) is 0 Å². The molecule has 0 saturated carbocycles. The summed E-state index contributed by atoms with van der Waals surface area (Å²) in [4.78, 5) is 48.4. The van der Waals surface area contributed by atoms with Gasteiger partial charge in [-0.1, -0.05) is 44.2 Å². The molecule has 4 N–H and O–H groups in total. The summed E-state index contributed by atoms with van der Waals surface area (Å²) >= 11 is 0. The maximum atomic E-state index is 12.6. The molecule has 0 heterocycles. The maximum Gasteiger partial charge on any atom is 0.407 e. The summed E-state index contributed by atoms with van der Waals surface area (Å²) in [5.41, 5.74) is 0.308. The van der Waals surface area contributed by atoms with E-state index in [1.165, 1.54) is 0 Å². The van der Waals surface area contributed by atoms with Gasteiger partial charge >= 0.3 is 12.2 Å². The van der Waals surface area contributed by atoms with Crippen molar-refractivity contribution in [1.29, 1.82) is 0 Å². The zero-order valence-electron chi connectivity index (χ0n) is 22.1. The molecule has 0 saturated heterocycles. The van der Waals surface area contributed by atoms with E-state index in [-0.39, 0.29) is 25.0 Å². The minimum Gasteiger partial charge on any atom is -0.445 e. The zero-order valence-corrected chi connectivity index (χ0v) is 22.1. The fourth-order valence-electron chi connectivity index (χ4n) is 3.14. The molecule has 10 nitrogen and oxygen atoms in total. The van der Waals surface area contributed by atoms with Gasteiger partial charge in [0.2, 0.25) is 11.8 Å². The lowest BCUT2D eigenvalue weighted by Crippen LogP contribution is -2.50. The first-order chi connectivity index (χ1) is 17.0. The van der Waals surface area contributed by atoms with Crippen LogP contribution in [-0.4, -0.2) is 55.3 Å². The first-order valence-electron chi connectivity index (χ1n) is 12.4. The number of hydrogen-bond donors (Lipinski definition) is 4. The number of ether oxygens (including phenoxy) is 2. The summed E-state index contributed by atoms with van der Waals surface area (Å²) in [5, 5.41) is 10.6. The van der Waals surface area contributed by atoms with Gasteiger partial charge < -0.3 is 30.7 Å². The molecule has 0 aliphatic heterocycles. The number of carbonyl (C=O) groups excluding carboxylic acids is 4. The van der Waals surface area contributed by atoms with Crippen molar-refractivity contribution in [3.05, 3.63) is 35.9 Å². The summed E-state index contributed by atoms with van der Waals surface area (Å²) in [6.07, 6.45) is 1.62. The third-order valence-corrected chi connectivity index (χ3v) is 4.79. The molecule has 0 bridgehead atoms. The fourth-order valence-corrected chi connectivity index (χ4v) is 3.14. The SMILES string of the molecule is CC(C)C[C@H](NC(=O)CNC(=O)OCc1ccccc1)C(=O)NCCCCCNC(=O)OC(C)(C)C. The molecule has 1 aromatic rings. The van der Waals surface area contributed by atoms with Crippen molar-refractivity contribution in [3.8, 4) is 0 Å². The Kier molecular flexibility index (Phi) is 14.0. The standard InChI is InChI=1S/C26H42N4O6/c1-19(2)16-21(23(32)27-14-10-7-11-15-28-25(34)36-26(3,4)5)30-22(31)17-29-24(33)35-18-20-12-8-6-9-13-20/h6,8-9,12-13,19,21H,7,10-11,14-18H2,1-5H3,(H,27,32)(H,28,34)(H,29,33)(H,30,31)/t21-/m0/s1. The predicted molar refractivity (Wildman–Crippen MR) is 137 cm³/mol. The normalized spacial score (nSPS) is 11.8. The number of unbranched alkanes of at least 4 members (excludes halogenated alkanes) is 2. The van der Waals surface area contributed by atoms with E-state index in [0.29, 0.717) is 19.5 Å². The van der Waals surface area contributed by atoms with E-state index in [0.717, 1.165) is 24.8 Å². The first-order valence-corrected chi connectivity index (χ1v) is 12.4. The summed E-state index contributed by atoms with van der Waals surface area (Å²) in [5.74, 6) is -0.556. The third-order valence-electron chi connectivity index (χ3n) is 4.79. The van der Waals surface area contributed by atoms with E-state index < -0.39 is 29.7 Å². The third kappa shape index (κ3) is 15.6. The largest absolute Gasteiger partial charge is 0.445 e. The quantitative estimate of drug-likeness (QED) is 0.286. The summed E-state index contributed by atoms with van der Waals surface area (Å²) < 4.78 is 10.3. The van der Waals surface area contributed by atoms with Gasteiger partial charge in [0.25, 0.3) is 0 Å². The average molecular weight is 507 g/mol. The monoisotopic (exact) mass is 506 g/mol. The van der Waals surface area contributed by atoms with Gasteiger partial charge in [-0.2, -0.15) is 0 Å². The topological polar surface area (TPSA) is 135 Å². The smallest absolute Gasteiger partial charge is 0.407 e. The molecule has 1 aromatic carbocycles. The number of nitrogens with one attached hydrogen (secondary N) is 4. The van der Waals surface area contributed by atoms with Crippen molar-refractivity contribution >= 4 is 24.0 Å². The average Bonchev–Trinajstić information content (AvgIpc) is 2.79. The van der Waals surface area contributed by atoms with E-state index in [1.807, 2.05) is 65.0 Å². The summed E-state index contributed by atoms with van der Waals surface area (Å²) in [6, 6.07) is 8.51. The van der Waals surface area contributed by atoms with Gasteiger partial charge in [-0.15, -0.1) is 0 Å². The summed E-state index contributed by atoms with van der Waals surface area (Å²) in [6.45, 7) is 10.1. The van der Waals surface area contributed by atoms with Crippen molar-refractivity contribution in [3.63, 3.8) is 0 Å². The Labute approximate surface area is 214 Å². The Balaban J connectivity index is 2.28. The number of amides is 4. The van der Waals surface area contributed by atoms with Crippen LogP contribution in [0.5, 0.6) is 0 Å². The Morgan fingerprint density at radius 1 is 0.861 bits per heavy atom. The molecule has 0 spiro atoms. The highest BCUT2D eigenvalue weighted by Crippen LogP contribution is 2.07. The second-order valence-corrected chi connectivity index (χ2v) is 9.95. The molecule has 202 valence electrons. The molecule has 10 heteroatoms. The molecule has 0 aromatic heterocycles. The van der Waals surface area contributed by atoms with E-state index >= 15 is 0 Å². The van der Waals surface area contributed by atoms with Crippen molar-refractivity contribution in [2.75, 3.05) is 19.6 Å². The highest BCUT2D eigenvalue weighted by molar-refractivity contribution is 5.89. The van der Waals surface area contributed by atoms with E-state index in [9.17, 15) is 19.2 Å². The molecule has 0 aliphatic carbocycles. The number of alkyl carbamates (subject to hydrolysis) is 2. The van der Waals surface area contributed by atoms with Crippen LogP contribution in [0.15, 0.2) is 30.3 Å². The lowest BCUT2D eigenvalue weighted by molar-refractivity contribution is -0.128. The number of carbonyl (C=O) groups is 4. The minimum absolute atomic E-state index is 0.101. The highest BCUT2D eigenvalue weighted by Gasteiger charge is 2.22. The Hall–Kier alpha value is -3.30. The van der Waals surface area contributed by atoms with Crippen LogP contribution in [0.3, 0.4) is 0 Å². The van der Waals surface area contributed by atoms with Crippen LogP contribution >= 0.6 is 0 Å². The highest BCUT2D eigenvalue weighted by atomic mass is 16.6. The molecule has 0 radical (unpaired) electrons. The lowest BCUT2D eigenvalue weighted by Gasteiger charge is -2.20. The zero-order chi connectivity index (χ0) is 27.0. The Morgan fingerprint density at radius 2 is 1.50 bits per heavy atom.